The van der Waals surface area contributed by atoms with Crippen molar-refractivity contribution in [2.75, 3.05) is 27.4 Å². The first kappa shape index (κ1) is 53.5. The van der Waals surface area contributed by atoms with E-state index in [9.17, 15) is 9.59 Å². The second-order valence-corrected chi connectivity index (χ2v) is 19.4. The zero-order valence-electron chi connectivity index (χ0n) is 44.5. The Balaban J connectivity index is 0.734. The quantitative estimate of drug-likeness (QED) is 0.0401. The van der Waals surface area contributed by atoms with E-state index in [1.807, 2.05) is 57.9 Å². The van der Waals surface area contributed by atoms with E-state index in [0.29, 0.717) is 33.7 Å². The van der Waals surface area contributed by atoms with Gasteiger partial charge in [-0.3, -0.25) is 0 Å². The molecule has 8 aromatic heterocycles. The first-order chi connectivity index (χ1) is 40.4. The van der Waals surface area contributed by atoms with Crippen LogP contribution in [0.2, 0.25) is 0 Å². The van der Waals surface area contributed by atoms with Crippen molar-refractivity contribution in [3.63, 3.8) is 0 Å². The standard InChI is InChI=1S/C62H48F4N10O7/c1-79-23-21-75-53-27-39(11-13-51(53)69-57(75)29-41-25-47(65)43(31-45(41)63)49-5-3-7-59(71-49)81-35-37-9-15-55-67-17-19-73(55)33-37)61(77)83-62(78)40-12-14-52-54(28-40)76(22-24-80-2)58(70-52)30-42-26-48(66)44(32-46(42)64)50-6-4-8-60(72-50)82-36-38-10-16-56-68-18-20-74(56)34-38/h3-20,25-28,31-34H,21-24,29-30,35-36H2,1-2H3. The first-order valence-electron chi connectivity index (χ1n) is 26.2. The number of halogens is 4. The van der Waals surface area contributed by atoms with Crippen LogP contribution >= 0.6 is 0 Å². The molecule has 21 heteroatoms. The van der Waals surface area contributed by atoms with Crippen molar-refractivity contribution in [3.8, 4) is 34.3 Å². The Bertz CT molecular complexity index is 4160. The third-order valence-corrected chi connectivity index (χ3v) is 14.0. The molecule has 416 valence electrons. The smallest absolute Gasteiger partial charge is 0.346 e. The summed E-state index contributed by atoms with van der Waals surface area (Å²) in [5, 5.41) is 0. The molecule has 12 aromatic rings. The van der Waals surface area contributed by atoms with Crippen LogP contribution in [0.5, 0.6) is 11.8 Å². The second kappa shape index (κ2) is 23.2. The monoisotopic (exact) mass is 1120 g/mol. The van der Waals surface area contributed by atoms with E-state index in [-0.39, 0.29) is 109 Å². The van der Waals surface area contributed by atoms with Gasteiger partial charge < -0.3 is 41.6 Å². The summed E-state index contributed by atoms with van der Waals surface area (Å²) in [6.45, 7) is 1.26. The summed E-state index contributed by atoms with van der Waals surface area (Å²) in [7, 11) is 3.03. The number of methoxy groups -OCH3 is 2. The highest BCUT2D eigenvalue weighted by molar-refractivity contribution is 6.05. The van der Waals surface area contributed by atoms with Crippen LogP contribution in [-0.2, 0) is 53.4 Å². The maximum absolute atomic E-state index is 16.0. The average Bonchev–Trinajstić information content (AvgIpc) is 4.10. The molecule has 0 spiro atoms. The number of imidazole rings is 4. The van der Waals surface area contributed by atoms with Gasteiger partial charge in [0.1, 0.15) is 59.4 Å². The lowest BCUT2D eigenvalue weighted by molar-refractivity contribution is 0.0397. The van der Waals surface area contributed by atoms with Gasteiger partial charge in [-0.1, -0.05) is 24.3 Å². The zero-order valence-corrected chi connectivity index (χ0v) is 44.5. The van der Waals surface area contributed by atoms with Gasteiger partial charge in [0, 0.05) is 112 Å². The molecule has 0 fully saturated rings. The molecule has 17 nitrogen and oxygen atoms in total. The number of carbonyl (C=O) groups is 2. The van der Waals surface area contributed by atoms with Crippen molar-refractivity contribution >= 4 is 45.3 Å². The SMILES string of the molecule is COCCn1c(Cc2cc(F)c(-c3cccc(OCc4ccc5nccn5c4)n3)cc2F)nc2ccc(C(=O)OC(=O)c3ccc4nc(Cc5cc(F)c(-c6cccc(OCc7ccc8nccn8c7)n6)cc5F)n(CCOC)c4c3)cc21. The average molecular weight is 1120 g/mol. The predicted molar refractivity (Wildman–Crippen MR) is 297 cm³/mol. The molecule has 0 radical (unpaired) electrons. The summed E-state index contributed by atoms with van der Waals surface area (Å²) in [6.07, 6.45) is 10.5. The third kappa shape index (κ3) is 11.3. The van der Waals surface area contributed by atoms with Gasteiger partial charge >= 0.3 is 11.9 Å². The van der Waals surface area contributed by atoms with E-state index >= 15 is 17.6 Å². The fourth-order valence-corrected chi connectivity index (χ4v) is 9.82. The van der Waals surface area contributed by atoms with Crippen LogP contribution in [0.4, 0.5) is 17.6 Å². The Hall–Kier alpha value is -10.1. The van der Waals surface area contributed by atoms with E-state index in [4.69, 9.17) is 33.7 Å². The van der Waals surface area contributed by atoms with Gasteiger partial charge in [-0.2, -0.15) is 0 Å². The topological polar surface area (TPSA) is 176 Å². The lowest BCUT2D eigenvalue weighted by atomic mass is 10.0. The number of hydrogen-bond acceptors (Lipinski definition) is 13. The molecule has 0 aliphatic heterocycles. The molecular formula is C62H48F4N10O7. The number of esters is 2. The molecule has 0 aliphatic carbocycles. The number of benzene rings is 4. The lowest BCUT2D eigenvalue weighted by Crippen LogP contribution is -2.14. The number of ether oxygens (including phenoxy) is 5. The third-order valence-electron chi connectivity index (χ3n) is 14.0. The number of rotatable bonds is 20. The maximum atomic E-state index is 16.0. The van der Waals surface area contributed by atoms with Crippen molar-refractivity contribution in [3.05, 3.63) is 227 Å². The minimum atomic E-state index is -0.964. The Labute approximate surface area is 470 Å². The van der Waals surface area contributed by atoms with Crippen LogP contribution in [0.1, 0.15) is 54.6 Å². The fourth-order valence-electron chi connectivity index (χ4n) is 9.82. The highest BCUT2D eigenvalue weighted by Crippen LogP contribution is 2.31. The van der Waals surface area contributed by atoms with E-state index < -0.39 is 35.2 Å². The summed E-state index contributed by atoms with van der Waals surface area (Å²) in [6, 6.07) is 30.6. The van der Waals surface area contributed by atoms with Crippen LogP contribution < -0.4 is 9.47 Å². The summed E-state index contributed by atoms with van der Waals surface area (Å²) in [4.78, 5) is 54.3. The van der Waals surface area contributed by atoms with E-state index in [1.54, 1.807) is 70.1 Å². The molecule has 0 bridgehead atoms. The number of nitrogens with zero attached hydrogens (tertiary/aromatic N) is 10. The van der Waals surface area contributed by atoms with E-state index in [2.05, 4.69) is 19.9 Å². The Morgan fingerprint density at radius 3 is 1.41 bits per heavy atom. The van der Waals surface area contributed by atoms with Crippen molar-refractivity contribution in [2.24, 2.45) is 0 Å². The molecule has 0 saturated carbocycles. The van der Waals surface area contributed by atoms with Gasteiger partial charge in [0.05, 0.1) is 57.8 Å². The summed E-state index contributed by atoms with van der Waals surface area (Å²) >= 11 is 0. The summed E-state index contributed by atoms with van der Waals surface area (Å²) in [5.41, 5.74) is 5.40. The predicted octanol–water partition coefficient (Wildman–Crippen LogP) is 11.0. The molecule has 0 atom stereocenters. The Kier molecular flexibility index (Phi) is 14.9. The number of hydrogen-bond donors (Lipinski definition) is 0. The van der Waals surface area contributed by atoms with Gasteiger partial charge in [-0.15, -0.1) is 0 Å². The normalized spacial score (nSPS) is 11.6. The number of fused-ring (bicyclic) bond motifs is 4. The van der Waals surface area contributed by atoms with Crippen LogP contribution in [0.15, 0.2) is 159 Å². The van der Waals surface area contributed by atoms with Gasteiger partial charge in [-0.25, -0.2) is 57.1 Å². The highest BCUT2D eigenvalue weighted by Gasteiger charge is 2.23. The fraction of sp³-hybridized carbons (Fsp3) is 0.161. The zero-order chi connectivity index (χ0) is 57.1. The number of pyridine rings is 4. The molecule has 4 aromatic carbocycles. The van der Waals surface area contributed by atoms with Crippen LogP contribution in [0, 0.1) is 23.3 Å². The van der Waals surface area contributed by atoms with Crippen molar-refractivity contribution in [1.29, 1.82) is 0 Å². The Morgan fingerprint density at radius 1 is 0.506 bits per heavy atom. The second-order valence-electron chi connectivity index (χ2n) is 19.4. The minimum absolute atomic E-state index is 0.0149. The molecule has 83 heavy (non-hydrogen) atoms. The summed E-state index contributed by atoms with van der Waals surface area (Å²) < 4.78 is 99.2. The molecule has 12 rings (SSSR count). The molecule has 8 heterocycles. The van der Waals surface area contributed by atoms with E-state index in [1.165, 1.54) is 38.5 Å². The largest absolute Gasteiger partial charge is 0.473 e. The van der Waals surface area contributed by atoms with Crippen LogP contribution in [-0.4, -0.2) is 87.2 Å². The minimum Gasteiger partial charge on any atom is -0.473 e. The van der Waals surface area contributed by atoms with Crippen molar-refractivity contribution < 1.29 is 50.8 Å². The Morgan fingerprint density at radius 2 is 0.964 bits per heavy atom. The molecule has 0 amide bonds. The van der Waals surface area contributed by atoms with Crippen molar-refractivity contribution in [1.82, 2.24) is 47.8 Å². The van der Waals surface area contributed by atoms with Crippen molar-refractivity contribution in [2.45, 2.75) is 39.1 Å². The molecule has 0 saturated heterocycles. The maximum Gasteiger partial charge on any atom is 0.346 e. The number of carbonyl (C=O) groups excluding carboxylic acids is 2. The first-order valence-corrected chi connectivity index (χ1v) is 26.2. The van der Waals surface area contributed by atoms with E-state index in [0.717, 1.165) is 46.7 Å². The van der Waals surface area contributed by atoms with Gasteiger partial charge in [0.25, 0.3) is 0 Å². The molecular weight excluding hydrogens is 1070 g/mol. The molecule has 0 N–H and O–H groups in total. The molecule has 0 unspecified atom stereocenters. The van der Waals surface area contributed by atoms with Crippen LogP contribution in [0.3, 0.4) is 0 Å². The van der Waals surface area contributed by atoms with Gasteiger partial charge in [0.15, 0.2) is 0 Å². The highest BCUT2D eigenvalue weighted by atomic mass is 19.1. The number of aromatic nitrogens is 10. The van der Waals surface area contributed by atoms with Gasteiger partial charge in [0.2, 0.25) is 11.8 Å². The summed E-state index contributed by atoms with van der Waals surface area (Å²) in [5.74, 6) is -3.56. The van der Waals surface area contributed by atoms with Crippen LogP contribution in [0.25, 0.3) is 55.9 Å². The van der Waals surface area contributed by atoms with Gasteiger partial charge in [-0.05, 0) is 96.1 Å². The lowest BCUT2D eigenvalue weighted by Gasteiger charge is -2.12. The molecule has 0 aliphatic rings.